The Morgan fingerprint density at radius 3 is 2.71 bits per heavy atom. The molecule has 0 aliphatic rings. The molecule has 0 radical (unpaired) electrons. The van der Waals surface area contributed by atoms with Crippen molar-refractivity contribution in [3.63, 3.8) is 0 Å². The highest BCUT2D eigenvalue weighted by Gasteiger charge is 2.19. The normalized spacial score (nSPS) is 12.4. The average molecular weight is 347 g/mol. The maximum atomic E-state index is 12.2. The van der Waals surface area contributed by atoms with Crippen molar-refractivity contribution in [2.24, 2.45) is 5.92 Å². The second-order valence-electron chi connectivity index (χ2n) is 6.40. The number of nitrogens with zero attached hydrogens (tertiary/aromatic N) is 4. The quantitative estimate of drug-likeness (QED) is 0.780. The summed E-state index contributed by atoms with van der Waals surface area (Å²) < 4.78 is 1.69. The number of carbonyl (C=O) groups excluding carboxylic acids is 1. The van der Waals surface area contributed by atoms with E-state index in [1.807, 2.05) is 26.0 Å². The number of carbonyl (C=O) groups is 1. The Bertz CT molecular complexity index is 698. The predicted octanol–water partition coefficient (Wildman–Crippen LogP) is 2.92. The molecule has 1 aromatic carbocycles. The van der Waals surface area contributed by atoms with Crippen molar-refractivity contribution in [2.45, 2.75) is 51.4 Å². The smallest absolute Gasteiger partial charge is 0.233 e. The number of hydrogen-bond acceptors (Lipinski definition) is 5. The van der Waals surface area contributed by atoms with Gasteiger partial charge in [0.1, 0.15) is 0 Å². The molecule has 1 unspecified atom stereocenters. The van der Waals surface area contributed by atoms with Crippen LogP contribution in [0.15, 0.2) is 23.4 Å². The number of thioether (sulfide) groups is 1. The maximum Gasteiger partial charge on any atom is 0.233 e. The van der Waals surface area contributed by atoms with Gasteiger partial charge in [-0.25, -0.2) is 0 Å². The minimum absolute atomic E-state index is 0.0100. The topological polar surface area (TPSA) is 72.7 Å². The standard InChI is InChI=1S/C17H25N5OS/c1-11(2)8-9-18-16(23)14(5)24-17-19-20-21-22(17)15-7-6-12(3)10-13(15)4/h6-7,10-11,14H,8-9H2,1-5H3,(H,18,23). The van der Waals surface area contributed by atoms with E-state index in [0.717, 1.165) is 17.7 Å². The summed E-state index contributed by atoms with van der Waals surface area (Å²) in [6, 6.07) is 6.12. The first-order valence-corrected chi connectivity index (χ1v) is 9.06. The lowest BCUT2D eigenvalue weighted by molar-refractivity contribution is -0.120. The molecule has 130 valence electrons. The third-order valence-electron chi connectivity index (χ3n) is 3.69. The summed E-state index contributed by atoms with van der Waals surface area (Å²) >= 11 is 1.37. The second kappa shape index (κ2) is 8.28. The molecule has 1 aromatic heterocycles. The van der Waals surface area contributed by atoms with Crippen LogP contribution < -0.4 is 5.32 Å². The average Bonchev–Trinajstić information content (AvgIpc) is 2.94. The second-order valence-corrected chi connectivity index (χ2v) is 7.70. The van der Waals surface area contributed by atoms with Gasteiger partial charge in [0.05, 0.1) is 10.9 Å². The van der Waals surface area contributed by atoms with E-state index in [1.54, 1.807) is 4.68 Å². The van der Waals surface area contributed by atoms with Gasteiger partial charge < -0.3 is 5.32 Å². The molecule has 6 nitrogen and oxygen atoms in total. The van der Waals surface area contributed by atoms with Crippen molar-refractivity contribution in [1.82, 2.24) is 25.5 Å². The Morgan fingerprint density at radius 1 is 1.29 bits per heavy atom. The van der Waals surface area contributed by atoms with Crippen LogP contribution >= 0.6 is 11.8 Å². The molecule has 7 heteroatoms. The van der Waals surface area contributed by atoms with E-state index in [0.29, 0.717) is 17.6 Å². The van der Waals surface area contributed by atoms with Gasteiger partial charge in [-0.3, -0.25) is 4.79 Å². The molecule has 1 amide bonds. The van der Waals surface area contributed by atoms with Crippen molar-refractivity contribution in [3.8, 4) is 5.69 Å². The van der Waals surface area contributed by atoms with E-state index in [1.165, 1.54) is 17.3 Å². The van der Waals surface area contributed by atoms with Crippen molar-refractivity contribution in [1.29, 1.82) is 0 Å². The lowest BCUT2D eigenvalue weighted by Gasteiger charge is -2.13. The maximum absolute atomic E-state index is 12.2. The van der Waals surface area contributed by atoms with Gasteiger partial charge in [0.25, 0.3) is 0 Å². The number of nitrogens with one attached hydrogen (secondary N) is 1. The van der Waals surface area contributed by atoms with Crippen molar-refractivity contribution < 1.29 is 4.79 Å². The number of tetrazole rings is 1. The lowest BCUT2D eigenvalue weighted by atomic mass is 10.1. The number of rotatable bonds is 7. The van der Waals surface area contributed by atoms with Crippen LogP contribution in [0.1, 0.15) is 38.3 Å². The van der Waals surface area contributed by atoms with Crippen LogP contribution in [0.2, 0.25) is 0 Å². The molecule has 2 aromatic rings. The SMILES string of the molecule is Cc1ccc(-n2nnnc2SC(C)C(=O)NCCC(C)C)c(C)c1. The Morgan fingerprint density at radius 2 is 2.04 bits per heavy atom. The predicted molar refractivity (Wildman–Crippen MR) is 96.4 cm³/mol. The Labute approximate surface area is 147 Å². The van der Waals surface area contributed by atoms with Crippen molar-refractivity contribution >= 4 is 17.7 Å². The molecule has 0 saturated carbocycles. The zero-order valence-corrected chi connectivity index (χ0v) is 15.7. The molecule has 0 saturated heterocycles. The summed E-state index contributed by atoms with van der Waals surface area (Å²) in [5.74, 6) is 0.584. The van der Waals surface area contributed by atoms with Gasteiger partial charge in [-0.15, -0.1) is 5.10 Å². The Balaban J connectivity index is 2.06. The van der Waals surface area contributed by atoms with E-state index in [9.17, 15) is 4.79 Å². The first-order valence-electron chi connectivity index (χ1n) is 8.19. The van der Waals surface area contributed by atoms with Gasteiger partial charge in [0.15, 0.2) is 0 Å². The zero-order chi connectivity index (χ0) is 17.7. The molecular formula is C17H25N5OS. The fourth-order valence-corrected chi connectivity index (χ4v) is 3.11. The highest BCUT2D eigenvalue weighted by Crippen LogP contribution is 2.24. The van der Waals surface area contributed by atoms with E-state index < -0.39 is 0 Å². The van der Waals surface area contributed by atoms with Gasteiger partial charge in [-0.05, 0) is 55.2 Å². The molecular weight excluding hydrogens is 322 g/mol. The minimum atomic E-state index is -0.257. The summed E-state index contributed by atoms with van der Waals surface area (Å²) in [6.45, 7) is 10.9. The fraction of sp³-hybridized carbons (Fsp3) is 0.529. The summed E-state index contributed by atoms with van der Waals surface area (Å²) in [7, 11) is 0. The van der Waals surface area contributed by atoms with E-state index >= 15 is 0 Å². The summed E-state index contributed by atoms with van der Waals surface area (Å²) in [4.78, 5) is 12.2. The van der Waals surface area contributed by atoms with Crippen LogP contribution in [0.3, 0.4) is 0 Å². The van der Waals surface area contributed by atoms with Crippen LogP contribution in [-0.2, 0) is 4.79 Å². The van der Waals surface area contributed by atoms with Gasteiger partial charge in [0.2, 0.25) is 11.1 Å². The van der Waals surface area contributed by atoms with Gasteiger partial charge in [-0.2, -0.15) is 4.68 Å². The van der Waals surface area contributed by atoms with Gasteiger partial charge in [0, 0.05) is 6.54 Å². The van der Waals surface area contributed by atoms with Crippen molar-refractivity contribution in [2.75, 3.05) is 6.54 Å². The molecule has 1 heterocycles. The molecule has 0 spiro atoms. The number of hydrogen-bond donors (Lipinski definition) is 1. The van der Waals surface area contributed by atoms with E-state index in [2.05, 4.69) is 47.7 Å². The first-order chi connectivity index (χ1) is 11.4. The third kappa shape index (κ3) is 4.80. The Hall–Kier alpha value is -1.89. The fourth-order valence-electron chi connectivity index (χ4n) is 2.29. The van der Waals surface area contributed by atoms with Crippen LogP contribution in [0.25, 0.3) is 5.69 Å². The van der Waals surface area contributed by atoms with Gasteiger partial charge >= 0.3 is 0 Å². The first kappa shape index (κ1) is 18.4. The minimum Gasteiger partial charge on any atom is -0.355 e. The summed E-state index contributed by atoms with van der Waals surface area (Å²) in [5, 5.41) is 15.2. The highest BCUT2D eigenvalue weighted by atomic mass is 32.2. The highest BCUT2D eigenvalue weighted by molar-refractivity contribution is 8.00. The zero-order valence-electron chi connectivity index (χ0n) is 14.9. The summed E-state index contributed by atoms with van der Waals surface area (Å²) in [6.07, 6.45) is 0.976. The van der Waals surface area contributed by atoms with Crippen molar-refractivity contribution in [3.05, 3.63) is 29.3 Å². The molecule has 0 bridgehead atoms. The molecule has 0 aliphatic carbocycles. The van der Waals surface area contributed by atoms with Crippen LogP contribution in [-0.4, -0.2) is 37.9 Å². The molecule has 2 rings (SSSR count). The number of aromatic nitrogens is 4. The molecule has 1 N–H and O–H groups in total. The molecule has 0 fully saturated rings. The Kier molecular flexibility index (Phi) is 6.36. The van der Waals surface area contributed by atoms with Crippen LogP contribution in [0.5, 0.6) is 0 Å². The van der Waals surface area contributed by atoms with E-state index in [4.69, 9.17) is 0 Å². The molecule has 24 heavy (non-hydrogen) atoms. The summed E-state index contributed by atoms with van der Waals surface area (Å²) in [5.41, 5.74) is 3.22. The molecule has 0 aliphatic heterocycles. The largest absolute Gasteiger partial charge is 0.355 e. The van der Waals surface area contributed by atoms with Crippen LogP contribution in [0, 0.1) is 19.8 Å². The van der Waals surface area contributed by atoms with Gasteiger partial charge in [-0.1, -0.05) is 43.3 Å². The number of amides is 1. The number of aryl methyl sites for hydroxylation is 2. The van der Waals surface area contributed by atoms with Crippen LogP contribution in [0.4, 0.5) is 0 Å². The van der Waals surface area contributed by atoms with E-state index in [-0.39, 0.29) is 11.2 Å². The lowest BCUT2D eigenvalue weighted by Crippen LogP contribution is -2.32. The third-order valence-corrected chi connectivity index (χ3v) is 4.73. The number of benzene rings is 1. The molecule has 1 atom stereocenters. The monoisotopic (exact) mass is 347 g/mol.